The second-order valence-corrected chi connectivity index (χ2v) is 3.50. The maximum atomic E-state index is 12.3. The van der Waals surface area contributed by atoms with E-state index in [0.717, 1.165) is 12.1 Å². The average Bonchev–Trinajstić information content (AvgIpc) is 2.27. The van der Waals surface area contributed by atoms with E-state index in [1.165, 1.54) is 12.1 Å². The third-order valence-corrected chi connectivity index (χ3v) is 2.26. The lowest BCUT2D eigenvalue weighted by atomic mass is 10.2. The van der Waals surface area contributed by atoms with Crippen LogP contribution in [0.5, 0.6) is 0 Å². The van der Waals surface area contributed by atoms with Gasteiger partial charge in [0.05, 0.1) is 5.56 Å². The molecule has 0 atom stereocenters. The zero-order valence-corrected chi connectivity index (χ0v) is 9.43. The van der Waals surface area contributed by atoms with Crippen molar-refractivity contribution in [1.82, 2.24) is 0 Å². The smallest absolute Gasteiger partial charge is 0.322 e. The molecule has 0 saturated carbocycles. The average molecular weight is 243 g/mol. The number of alkyl halides is 3. The van der Waals surface area contributed by atoms with Crippen LogP contribution >= 0.6 is 0 Å². The molecule has 92 valence electrons. The van der Waals surface area contributed by atoms with Crippen LogP contribution in [0.4, 0.5) is 18.9 Å². The van der Waals surface area contributed by atoms with Crippen molar-refractivity contribution in [2.45, 2.75) is 20.0 Å². The lowest BCUT2D eigenvalue weighted by Gasteiger charge is -2.08. The monoisotopic (exact) mass is 243 g/mol. The second-order valence-electron chi connectivity index (χ2n) is 3.50. The first-order valence-electron chi connectivity index (χ1n) is 4.96. The molecule has 0 aliphatic carbocycles. The molecule has 0 saturated heterocycles. The molecule has 1 rings (SSSR count). The molecule has 0 radical (unpaired) electrons. The third-order valence-electron chi connectivity index (χ3n) is 2.26. The molecule has 0 aliphatic rings. The Bertz CT molecular complexity index is 432. The molecule has 0 unspecified atom stereocenters. The van der Waals surface area contributed by atoms with Crippen molar-refractivity contribution in [2.24, 2.45) is 0 Å². The van der Waals surface area contributed by atoms with Gasteiger partial charge in [0.2, 0.25) is 0 Å². The molecule has 0 aliphatic heterocycles. The lowest BCUT2D eigenvalue weighted by molar-refractivity contribution is -0.137. The van der Waals surface area contributed by atoms with Gasteiger partial charge in [0, 0.05) is 11.3 Å². The number of benzene rings is 1. The van der Waals surface area contributed by atoms with E-state index in [1.807, 2.05) is 0 Å². The van der Waals surface area contributed by atoms with E-state index >= 15 is 0 Å². The van der Waals surface area contributed by atoms with Gasteiger partial charge in [0.1, 0.15) is 0 Å². The number of rotatable bonds is 2. The fraction of sp³-hybridized carbons (Fsp3) is 0.250. The molecule has 0 heterocycles. The van der Waals surface area contributed by atoms with Gasteiger partial charge in [0.15, 0.2) is 0 Å². The molecule has 1 amide bonds. The molecule has 0 aromatic heterocycles. The minimum absolute atomic E-state index is 0.327. The van der Waals surface area contributed by atoms with Gasteiger partial charge in [-0.05, 0) is 38.1 Å². The Morgan fingerprint density at radius 3 is 2.18 bits per heavy atom. The van der Waals surface area contributed by atoms with Crippen LogP contribution in [0.1, 0.15) is 19.4 Å². The van der Waals surface area contributed by atoms with Crippen LogP contribution in [0.2, 0.25) is 0 Å². The normalized spacial score (nSPS) is 12.4. The maximum Gasteiger partial charge on any atom is 0.416 e. The van der Waals surface area contributed by atoms with Gasteiger partial charge < -0.3 is 5.32 Å². The summed E-state index contributed by atoms with van der Waals surface area (Å²) >= 11 is 0. The van der Waals surface area contributed by atoms with Gasteiger partial charge >= 0.3 is 6.18 Å². The van der Waals surface area contributed by atoms with Crippen molar-refractivity contribution >= 4 is 11.6 Å². The van der Waals surface area contributed by atoms with E-state index in [1.54, 1.807) is 19.9 Å². The van der Waals surface area contributed by atoms with Crippen LogP contribution in [0.25, 0.3) is 0 Å². The van der Waals surface area contributed by atoms with Crippen LogP contribution in [-0.4, -0.2) is 5.91 Å². The van der Waals surface area contributed by atoms with E-state index < -0.39 is 11.7 Å². The molecule has 5 heteroatoms. The second kappa shape index (κ2) is 5.03. The van der Waals surface area contributed by atoms with E-state index in [4.69, 9.17) is 0 Å². The summed E-state index contributed by atoms with van der Waals surface area (Å²) in [6.07, 6.45) is -2.73. The number of halogens is 3. The zero-order chi connectivity index (χ0) is 13.1. The van der Waals surface area contributed by atoms with Gasteiger partial charge in [0.25, 0.3) is 5.91 Å². The summed E-state index contributed by atoms with van der Waals surface area (Å²) in [4.78, 5) is 11.4. The van der Waals surface area contributed by atoms with Crippen molar-refractivity contribution < 1.29 is 18.0 Å². The van der Waals surface area contributed by atoms with Crippen LogP contribution in [-0.2, 0) is 11.0 Å². The molecule has 1 aromatic carbocycles. The number of anilines is 1. The highest BCUT2D eigenvalue weighted by Gasteiger charge is 2.29. The van der Waals surface area contributed by atoms with Crippen LogP contribution < -0.4 is 5.32 Å². The van der Waals surface area contributed by atoms with Crippen LogP contribution in [0.15, 0.2) is 35.9 Å². The quantitative estimate of drug-likeness (QED) is 0.790. The zero-order valence-electron chi connectivity index (χ0n) is 9.43. The molecule has 0 bridgehead atoms. The summed E-state index contributed by atoms with van der Waals surface area (Å²) in [6.45, 7) is 3.33. The largest absolute Gasteiger partial charge is 0.416 e. The molecular formula is C12H12F3NO. The Hall–Kier alpha value is -1.78. The number of hydrogen-bond acceptors (Lipinski definition) is 1. The van der Waals surface area contributed by atoms with Gasteiger partial charge in [-0.3, -0.25) is 4.79 Å². The molecular weight excluding hydrogens is 231 g/mol. The summed E-state index contributed by atoms with van der Waals surface area (Å²) in [5.41, 5.74) is 0.104. The van der Waals surface area contributed by atoms with Gasteiger partial charge in [-0.1, -0.05) is 6.08 Å². The number of carbonyl (C=O) groups excluding carboxylic acids is 1. The summed E-state index contributed by atoms with van der Waals surface area (Å²) in [7, 11) is 0. The Balaban J connectivity index is 2.80. The molecule has 1 aromatic rings. The maximum absolute atomic E-state index is 12.3. The van der Waals surface area contributed by atoms with Crippen LogP contribution in [0, 0.1) is 0 Å². The van der Waals surface area contributed by atoms with Gasteiger partial charge in [-0.2, -0.15) is 13.2 Å². The standard InChI is InChI=1S/C12H12F3NO/c1-3-8(2)11(17)16-10-6-4-9(5-7-10)12(13,14)15/h3-7H,1-2H3,(H,16,17)/b8-3-. The van der Waals surface area contributed by atoms with E-state index in [2.05, 4.69) is 5.32 Å². The van der Waals surface area contributed by atoms with Crippen molar-refractivity contribution in [1.29, 1.82) is 0 Å². The van der Waals surface area contributed by atoms with Crippen molar-refractivity contribution in [3.63, 3.8) is 0 Å². The Morgan fingerprint density at radius 1 is 1.24 bits per heavy atom. The SMILES string of the molecule is C/C=C(/C)C(=O)Nc1ccc(C(F)(F)F)cc1. The Morgan fingerprint density at radius 2 is 1.76 bits per heavy atom. The number of amides is 1. The van der Waals surface area contributed by atoms with Crippen LogP contribution in [0.3, 0.4) is 0 Å². The highest BCUT2D eigenvalue weighted by atomic mass is 19.4. The molecule has 0 fully saturated rings. The summed E-state index contributed by atoms with van der Waals surface area (Å²) in [5.74, 6) is -0.327. The summed E-state index contributed by atoms with van der Waals surface area (Å²) in [6, 6.07) is 4.31. The topological polar surface area (TPSA) is 29.1 Å². The highest BCUT2D eigenvalue weighted by molar-refractivity contribution is 6.03. The molecule has 2 nitrogen and oxygen atoms in total. The minimum Gasteiger partial charge on any atom is -0.322 e. The fourth-order valence-electron chi connectivity index (χ4n) is 1.10. The van der Waals surface area contributed by atoms with Crippen molar-refractivity contribution in [3.8, 4) is 0 Å². The molecule has 0 spiro atoms. The predicted molar refractivity (Wildman–Crippen MR) is 59.5 cm³/mol. The Kier molecular flexibility index (Phi) is 3.93. The van der Waals surface area contributed by atoms with Gasteiger partial charge in [-0.15, -0.1) is 0 Å². The molecule has 17 heavy (non-hydrogen) atoms. The fourth-order valence-corrected chi connectivity index (χ4v) is 1.10. The van der Waals surface area contributed by atoms with Crippen molar-refractivity contribution in [2.75, 3.05) is 5.32 Å². The number of carbonyl (C=O) groups is 1. The van der Waals surface area contributed by atoms with E-state index in [-0.39, 0.29) is 5.91 Å². The van der Waals surface area contributed by atoms with E-state index in [0.29, 0.717) is 11.3 Å². The Labute approximate surface area is 97.1 Å². The first-order valence-corrected chi connectivity index (χ1v) is 4.96. The third kappa shape index (κ3) is 3.62. The van der Waals surface area contributed by atoms with Crippen molar-refractivity contribution in [3.05, 3.63) is 41.5 Å². The van der Waals surface area contributed by atoms with E-state index in [9.17, 15) is 18.0 Å². The summed E-state index contributed by atoms with van der Waals surface area (Å²) in [5, 5.41) is 2.50. The number of nitrogens with one attached hydrogen (secondary N) is 1. The number of allylic oxidation sites excluding steroid dienone is 1. The first-order chi connectivity index (χ1) is 7.84. The first kappa shape index (κ1) is 13.3. The molecule has 1 N–H and O–H groups in total. The summed E-state index contributed by atoms with van der Waals surface area (Å²) < 4.78 is 36.8. The predicted octanol–water partition coefficient (Wildman–Crippen LogP) is 3.61. The minimum atomic E-state index is -4.36. The van der Waals surface area contributed by atoms with Gasteiger partial charge in [-0.25, -0.2) is 0 Å². The lowest BCUT2D eigenvalue weighted by Crippen LogP contribution is -2.12. The number of hydrogen-bond donors (Lipinski definition) is 1. The highest BCUT2D eigenvalue weighted by Crippen LogP contribution is 2.29.